The fourth-order valence-corrected chi connectivity index (χ4v) is 3.46. The number of hydrogen-bond acceptors (Lipinski definition) is 2. The van der Waals surface area contributed by atoms with Crippen LogP contribution < -0.4 is 0 Å². The lowest BCUT2D eigenvalue weighted by molar-refractivity contribution is 0.250. The van der Waals surface area contributed by atoms with Crippen LogP contribution in [0.15, 0.2) is 0 Å². The van der Waals surface area contributed by atoms with Gasteiger partial charge in [0.25, 0.3) is 0 Å². The zero-order chi connectivity index (χ0) is 13.2. The van der Waals surface area contributed by atoms with Crippen molar-refractivity contribution in [3.63, 3.8) is 0 Å². The van der Waals surface area contributed by atoms with Crippen molar-refractivity contribution in [2.75, 3.05) is 11.1 Å². The topological polar surface area (TPSA) is 34.1 Å². The van der Waals surface area contributed by atoms with Gasteiger partial charge in [-0.05, 0) is 38.5 Å². The number of sulfone groups is 1. The summed E-state index contributed by atoms with van der Waals surface area (Å²) < 4.78 is 23.4. The molecule has 1 unspecified atom stereocenters. The van der Waals surface area contributed by atoms with E-state index in [1.54, 1.807) is 20.8 Å². The number of rotatable bonds is 5. The maximum Gasteiger partial charge on any atom is 0.155 e. The van der Waals surface area contributed by atoms with Crippen LogP contribution in [-0.4, -0.2) is 24.2 Å². The molecule has 16 heavy (non-hydrogen) atoms. The van der Waals surface area contributed by atoms with Crippen molar-refractivity contribution >= 4 is 25.8 Å². The van der Waals surface area contributed by atoms with E-state index in [2.05, 4.69) is 36.7 Å². The molecule has 0 aromatic heterocycles. The molecule has 0 saturated heterocycles. The van der Waals surface area contributed by atoms with Crippen LogP contribution >= 0.6 is 15.9 Å². The zero-order valence-corrected chi connectivity index (χ0v) is 13.7. The summed E-state index contributed by atoms with van der Waals surface area (Å²) in [5.41, 5.74) is 0.0539. The molecule has 0 aliphatic heterocycles. The molecular weight excluding hydrogens is 288 g/mol. The SMILES string of the molecule is CC(C)C(C)(CBr)CCS(=O)(=O)C(C)(C)C. The molecule has 0 spiro atoms. The molecule has 0 aromatic rings. The Bertz CT molecular complexity index is 314. The minimum atomic E-state index is -3.00. The minimum Gasteiger partial charge on any atom is -0.228 e. The van der Waals surface area contributed by atoms with Crippen LogP contribution in [-0.2, 0) is 9.84 Å². The fraction of sp³-hybridized carbons (Fsp3) is 1.00. The van der Waals surface area contributed by atoms with E-state index in [0.717, 1.165) is 11.8 Å². The molecule has 0 amide bonds. The third kappa shape index (κ3) is 4.02. The van der Waals surface area contributed by atoms with Gasteiger partial charge in [-0.15, -0.1) is 0 Å². The molecule has 0 aromatic carbocycles. The van der Waals surface area contributed by atoms with Crippen LogP contribution in [0.5, 0.6) is 0 Å². The quantitative estimate of drug-likeness (QED) is 0.726. The summed E-state index contributed by atoms with van der Waals surface area (Å²) in [7, 11) is -3.00. The lowest BCUT2D eigenvalue weighted by Crippen LogP contribution is -2.35. The van der Waals surface area contributed by atoms with Crippen molar-refractivity contribution in [1.29, 1.82) is 0 Å². The van der Waals surface area contributed by atoms with Crippen LogP contribution in [0.25, 0.3) is 0 Å². The Labute approximate surface area is 109 Å². The van der Waals surface area contributed by atoms with Crippen molar-refractivity contribution in [3.8, 4) is 0 Å². The first kappa shape index (κ1) is 16.4. The molecule has 0 N–H and O–H groups in total. The second-order valence-electron chi connectivity index (χ2n) is 6.12. The highest BCUT2D eigenvalue weighted by Crippen LogP contribution is 2.34. The number of hydrogen-bond donors (Lipinski definition) is 0. The molecule has 0 heterocycles. The van der Waals surface area contributed by atoms with Gasteiger partial charge in [0.2, 0.25) is 0 Å². The van der Waals surface area contributed by atoms with E-state index in [1.165, 1.54) is 0 Å². The highest BCUT2D eigenvalue weighted by Gasteiger charge is 2.33. The second kappa shape index (κ2) is 5.38. The Balaban J connectivity index is 4.69. The molecule has 98 valence electrons. The molecule has 0 aliphatic rings. The average molecular weight is 313 g/mol. The van der Waals surface area contributed by atoms with Crippen LogP contribution in [0.2, 0.25) is 0 Å². The normalized spacial score (nSPS) is 17.5. The Morgan fingerprint density at radius 1 is 1.12 bits per heavy atom. The molecular formula is C12H25BrO2S. The highest BCUT2D eigenvalue weighted by atomic mass is 79.9. The predicted octanol–water partition coefficient (Wildman–Crippen LogP) is 3.65. The van der Waals surface area contributed by atoms with Crippen molar-refractivity contribution in [1.82, 2.24) is 0 Å². The second-order valence-corrected chi connectivity index (χ2v) is 9.55. The minimum absolute atomic E-state index is 0.0539. The van der Waals surface area contributed by atoms with E-state index < -0.39 is 14.6 Å². The van der Waals surface area contributed by atoms with Crippen LogP contribution in [0.3, 0.4) is 0 Å². The summed E-state index contributed by atoms with van der Waals surface area (Å²) in [5, 5.41) is 0.845. The van der Waals surface area contributed by atoms with Crippen molar-refractivity contribution in [2.45, 2.75) is 52.7 Å². The smallest absolute Gasteiger partial charge is 0.155 e. The Morgan fingerprint density at radius 3 is 1.81 bits per heavy atom. The Hall–Kier alpha value is 0.430. The van der Waals surface area contributed by atoms with E-state index in [4.69, 9.17) is 0 Å². The molecule has 1 atom stereocenters. The van der Waals surface area contributed by atoms with Gasteiger partial charge in [0.15, 0.2) is 9.84 Å². The third-order valence-electron chi connectivity index (χ3n) is 3.57. The van der Waals surface area contributed by atoms with Crippen molar-refractivity contribution < 1.29 is 8.42 Å². The lowest BCUT2D eigenvalue weighted by Gasteiger charge is -2.33. The van der Waals surface area contributed by atoms with Crippen LogP contribution in [0.4, 0.5) is 0 Å². The van der Waals surface area contributed by atoms with E-state index >= 15 is 0 Å². The summed E-state index contributed by atoms with van der Waals surface area (Å²) in [6, 6.07) is 0. The van der Waals surface area contributed by atoms with Crippen molar-refractivity contribution in [2.24, 2.45) is 11.3 Å². The first-order valence-electron chi connectivity index (χ1n) is 5.74. The lowest BCUT2D eigenvalue weighted by atomic mass is 9.79. The van der Waals surface area contributed by atoms with Crippen LogP contribution in [0, 0.1) is 11.3 Å². The number of halogens is 1. The highest BCUT2D eigenvalue weighted by molar-refractivity contribution is 9.09. The number of alkyl halides is 1. The van der Waals surface area contributed by atoms with Gasteiger partial charge in [0, 0.05) is 5.33 Å². The molecule has 0 bridgehead atoms. The van der Waals surface area contributed by atoms with E-state index in [0.29, 0.717) is 5.92 Å². The monoisotopic (exact) mass is 312 g/mol. The molecule has 0 saturated carbocycles. The molecule has 0 rings (SSSR count). The van der Waals surface area contributed by atoms with Gasteiger partial charge in [0.05, 0.1) is 10.5 Å². The first-order chi connectivity index (χ1) is 6.96. The summed E-state index contributed by atoms with van der Waals surface area (Å²) in [5.74, 6) is 0.749. The molecule has 4 heteroatoms. The Morgan fingerprint density at radius 2 is 1.56 bits per heavy atom. The maximum atomic E-state index is 12.0. The average Bonchev–Trinajstić information content (AvgIpc) is 2.12. The van der Waals surface area contributed by atoms with Gasteiger partial charge < -0.3 is 0 Å². The molecule has 0 aliphatic carbocycles. The molecule has 0 fully saturated rings. The van der Waals surface area contributed by atoms with Crippen LogP contribution in [0.1, 0.15) is 48.0 Å². The first-order valence-corrected chi connectivity index (χ1v) is 8.52. The fourth-order valence-electron chi connectivity index (χ4n) is 1.18. The summed E-state index contributed by atoms with van der Waals surface area (Å²) in [6.07, 6.45) is 0.718. The molecule has 0 radical (unpaired) electrons. The van der Waals surface area contributed by atoms with Gasteiger partial charge in [-0.3, -0.25) is 0 Å². The predicted molar refractivity (Wildman–Crippen MR) is 74.9 cm³/mol. The standard InChI is InChI=1S/C12H25BrO2S/c1-10(2)12(6,9-13)7-8-16(14,15)11(3,4)5/h10H,7-9H2,1-6H3. The Kier molecular flexibility index (Phi) is 5.53. The van der Waals surface area contributed by atoms with E-state index in [9.17, 15) is 8.42 Å². The van der Waals surface area contributed by atoms with Gasteiger partial charge >= 0.3 is 0 Å². The summed E-state index contributed by atoms with van der Waals surface area (Å²) in [6.45, 7) is 11.7. The van der Waals surface area contributed by atoms with Gasteiger partial charge in [-0.2, -0.15) is 0 Å². The van der Waals surface area contributed by atoms with Gasteiger partial charge in [-0.1, -0.05) is 36.7 Å². The van der Waals surface area contributed by atoms with E-state index in [1.807, 2.05) is 0 Å². The largest absolute Gasteiger partial charge is 0.228 e. The van der Waals surface area contributed by atoms with Crippen molar-refractivity contribution in [3.05, 3.63) is 0 Å². The summed E-state index contributed by atoms with van der Waals surface area (Å²) >= 11 is 3.50. The third-order valence-corrected chi connectivity index (χ3v) is 7.46. The maximum absolute atomic E-state index is 12.0. The zero-order valence-electron chi connectivity index (χ0n) is 11.3. The van der Waals surface area contributed by atoms with Gasteiger partial charge in [-0.25, -0.2) is 8.42 Å². The van der Waals surface area contributed by atoms with E-state index in [-0.39, 0.29) is 11.2 Å². The molecule has 2 nitrogen and oxygen atoms in total. The van der Waals surface area contributed by atoms with Gasteiger partial charge in [0.1, 0.15) is 0 Å². The summed E-state index contributed by atoms with van der Waals surface area (Å²) in [4.78, 5) is 0.